The SMILES string of the molecule is Cc1cc(OCc2ccc(O)cc2)ccc1[B-](F)(F)F. The van der Waals surface area contributed by atoms with Crippen LogP contribution in [0.4, 0.5) is 12.9 Å². The van der Waals surface area contributed by atoms with E-state index in [1.54, 1.807) is 12.1 Å². The van der Waals surface area contributed by atoms with Crippen molar-refractivity contribution in [3.63, 3.8) is 0 Å². The minimum absolute atomic E-state index is 0.153. The molecule has 0 bridgehead atoms. The van der Waals surface area contributed by atoms with Gasteiger partial charge in [-0.15, -0.1) is 5.46 Å². The van der Waals surface area contributed by atoms with E-state index < -0.39 is 12.4 Å². The summed E-state index contributed by atoms with van der Waals surface area (Å²) in [6.07, 6.45) is 0. The third kappa shape index (κ3) is 3.47. The smallest absolute Gasteiger partial charge is 0.508 e. The summed E-state index contributed by atoms with van der Waals surface area (Å²) in [5, 5.41) is 9.14. The van der Waals surface area contributed by atoms with Gasteiger partial charge in [-0.1, -0.05) is 23.8 Å². The van der Waals surface area contributed by atoms with Gasteiger partial charge >= 0.3 is 6.98 Å². The Morgan fingerprint density at radius 2 is 1.70 bits per heavy atom. The summed E-state index contributed by atoms with van der Waals surface area (Å²) in [5.74, 6) is 0.542. The lowest BCUT2D eigenvalue weighted by Crippen LogP contribution is -2.35. The first-order valence-corrected chi connectivity index (χ1v) is 6.07. The molecule has 0 spiro atoms. The van der Waals surface area contributed by atoms with Crippen LogP contribution in [0.1, 0.15) is 11.1 Å². The molecule has 0 fully saturated rings. The van der Waals surface area contributed by atoms with Gasteiger partial charge in [-0.2, -0.15) is 0 Å². The molecule has 0 aliphatic rings. The molecule has 0 radical (unpaired) electrons. The number of ether oxygens (including phenoxy) is 1. The normalized spacial score (nSPS) is 11.4. The summed E-state index contributed by atoms with van der Waals surface area (Å²) >= 11 is 0. The molecule has 2 rings (SSSR count). The molecule has 0 aliphatic heterocycles. The third-order valence-electron chi connectivity index (χ3n) is 2.94. The van der Waals surface area contributed by atoms with E-state index in [1.165, 1.54) is 31.2 Å². The highest BCUT2D eigenvalue weighted by atomic mass is 19.4. The Hall–Kier alpha value is -2.11. The van der Waals surface area contributed by atoms with E-state index in [9.17, 15) is 12.9 Å². The summed E-state index contributed by atoms with van der Waals surface area (Å²) in [6, 6.07) is 10.2. The summed E-state index contributed by atoms with van der Waals surface area (Å²) in [5.41, 5.74) is 0.382. The zero-order valence-corrected chi connectivity index (χ0v) is 10.8. The lowest BCUT2D eigenvalue weighted by atomic mass is 9.77. The van der Waals surface area contributed by atoms with Crippen molar-refractivity contribution >= 4 is 12.4 Å². The average Bonchev–Trinajstić information content (AvgIpc) is 2.36. The van der Waals surface area contributed by atoms with Crippen LogP contribution in [0.5, 0.6) is 11.5 Å². The van der Waals surface area contributed by atoms with Gasteiger partial charge in [0.2, 0.25) is 0 Å². The Labute approximate surface area is 114 Å². The molecule has 0 amide bonds. The summed E-state index contributed by atoms with van der Waals surface area (Å²) in [7, 11) is 0. The fraction of sp³-hybridized carbons (Fsp3) is 0.143. The second-order valence-corrected chi connectivity index (χ2v) is 4.55. The number of aryl methyl sites for hydroxylation is 1. The maximum atomic E-state index is 12.7. The van der Waals surface area contributed by atoms with Crippen molar-refractivity contribution in [3.8, 4) is 11.5 Å². The van der Waals surface area contributed by atoms with Crippen LogP contribution in [0.3, 0.4) is 0 Å². The number of benzene rings is 2. The van der Waals surface area contributed by atoms with Crippen molar-refractivity contribution in [2.24, 2.45) is 0 Å². The third-order valence-corrected chi connectivity index (χ3v) is 2.94. The minimum Gasteiger partial charge on any atom is -0.508 e. The van der Waals surface area contributed by atoms with Crippen molar-refractivity contribution in [1.29, 1.82) is 0 Å². The molecule has 0 aliphatic carbocycles. The van der Waals surface area contributed by atoms with Gasteiger partial charge in [0.1, 0.15) is 18.1 Å². The van der Waals surface area contributed by atoms with Crippen molar-refractivity contribution in [3.05, 3.63) is 53.6 Å². The number of aromatic hydroxyl groups is 1. The quantitative estimate of drug-likeness (QED) is 0.871. The topological polar surface area (TPSA) is 29.5 Å². The van der Waals surface area contributed by atoms with Crippen LogP contribution in [-0.4, -0.2) is 12.1 Å². The number of halogens is 3. The number of hydrogen-bond donors (Lipinski definition) is 1. The van der Waals surface area contributed by atoms with E-state index in [-0.39, 0.29) is 17.9 Å². The van der Waals surface area contributed by atoms with Crippen LogP contribution in [-0.2, 0) is 6.61 Å². The highest BCUT2D eigenvalue weighted by Crippen LogP contribution is 2.19. The van der Waals surface area contributed by atoms with Crippen LogP contribution in [0.2, 0.25) is 0 Å². The van der Waals surface area contributed by atoms with Gasteiger partial charge in [-0.25, -0.2) is 0 Å². The van der Waals surface area contributed by atoms with Gasteiger partial charge in [0.05, 0.1) is 0 Å². The van der Waals surface area contributed by atoms with Crippen LogP contribution in [0.25, 0.3) is 0 Å². The standard InChI is InChI=1S/C14H13BF3O2/c1-10-8-13(6-7-14(10)15(16,17)18)20-9-11-2-4-12(19)5-3-11/h2-8,19H,9H2,1H3/q-1. The Morgan fingerprint density at radius 1 is 1.05 bits per heavy atom. The molecule has 0 heterocycles. The lowest BCUT2D eigenvalue weighted by Gasteiger charge is -2.18. The van der Waals surface area contributed by atoms with Crippen molar-refractivity contribution in [2.45, 2.75) is 13.5 Å². The van der Waals surface area contributed by atoms with E-state index >= 15 is 0 Å². The van der Waals surface area contributed by atoms with Crippen LogP contribution in [0.15, 0.2) is 42.5 Å². The first kappa shape index (κ1) is 14.3. The first-order chi connectivity index (χ1) is 9.36. The maximum Gasteiger partial charge on any atom is 0.509 e. The van der Waals surface area contributed by atoms with Crippen LogP contribution >= 0.6 is 0 Å². The van der Waals surface area contributed by atoms with Gasteiger partial charge in [0, 0.05) is 0 Å². The molecule has 6 heteroatoms. The molecule has 0 saturated heterocycles. The molecule has 0 saturated carbocycles. The van der Waals surface area contributed by atoms with E-state index in [4.69, 9.17) is 9.84 Å². The predicted octanol–water partition coefficient (Wildman–Crippen LogP) is 3.33. The first-order valence-electron chi connectivity index (χ1n) is 6.07. The van der Waals surface area contributed by atoms with E-state index in [0.717, 1.165) is 11.6 Å². The van der Waals surface area contributed by atoms with Gasteiger partial charge in [-0.3, -0.25) is 0 Å². The molecule has 1 N–H and O–H groups in total. The zero-order chi connectivity index (χ0) is 14.8. The van der Waals surface area contributed by atoms with Crippen molar-refractivity contribution in [2.75, 3.05) is 0 Å². The van der Waals surface area contributed by atoms with Crippen molar-refractivity contribution in [1.82, 2.24) is 0 Å². The molecule has 2 aromatic rings. The van der Waals surface area contributed by atoms with Crippen LogP contribution < -0.4 is 10.2 Å². The molecule has 2 nitrogen and oxygen atoms in total. The molecular weight excluding hydrogens is 268 g/mol. The number of hydrogen-bond acceptors (Lipinski definition) is 2. The highest BCUT2D eigenvalue weighted by Gasteiger charge is 2.27. The minimum atomic E-state index is -4.99. The second-order valence-electron chi connectivity index (χ2n) is 4.55. The van der Waals surface area contributed by atoms with Crippen LogP contribution in [0, 0.1) is 6.92 Å². The Morgan fingerprint density at radius 3 is 2.25 bits per heavy atom. The van der Waals surface area contributed by atoms with E-state index in [1.807, 2.05) is 0 Å². The highest BCUT2D eigenvalue weighted by molar-refractivity contribution is 6.74. The van der Waals surface area contributed by atoms with Gasteiger partial charge in [0.15, 0.2) is 0 Å². The van der Waals surface area contributed by atoms with Gasteiger partial charge in [0.25, 0.3) is 0 Å². The average molecular weight is 281 g/mol. The van der Waals surface area contributed by atoms with E-state index in [0.29, 0.717) is 5.75 Å². The maximum absolute atomic E-state index is 12.7. The monoisotopic (exact) mass is 281 g/mol. The summed E-state index contributed by atoms with van der Waals surface area (Å²) < 4.78 is 43.4. The molecule has 106 valence electrons. The van der Waals surface area contributed by atoms with Gasteiger partial charge in [-0.05, 0) is 36.8 Å². The molecule has 2 aromatic carbocycles. The van der Waals surface area contributed by atoms with E-state index in [2.05, 4.69) is 0 Å². The molecule has 0 atom stereocenters. The summed E-state index contributed by atoms with van der Waals surface area (Å²) in [4.78, 5) is 0. The number of phenolic OH excluding ortho intramolecular Hbond substituents is 1. The van der Waals surface area contributed by atoms with Crippen molar-refractivity contribution < 1.29 is 22.8 Å². The Bertz CT molecular complexity index is 594. The predicted molar refractivity (Wildman–Crippen MR) is 72.3 cm³/mol. The number of phenols is 1. The second kappa shape index (κ2) is 5.49. The van der Waals surface area contributed by atoms with Gasteiger partial charge < -0.3 is 22.8 Å². The molecule has 0 unspecified atom stereocenters. The zero-order valence-electron chi connectivity index (χ0n) is 10.8. The molecule has 20 heavy (non-hydrogen) atoms. The fourth-order valence-corrected chi connectivity index (χ4v) is 1.86. The fourth-order valence-electron chi connectivity index (χ4n) is 1.86. The Balaban J connectivity index is 2.07. The molecular formula is C14H13BF3O2-. The lowest BCUT2D eigenvalue weighted by molar-refractivity contribution is 0.306. The molecule has 0 aromatic heterocycles. The Kier molecular flexibility index (Phi) is 3.92. The number of rotatable bonds is 4. The largest absolute Gasteiger partial charge is 0.509 e. The summed E-state index contributed by atoms with van der Waals surface area (Å²) in [6.45, 7) is -3.34.